The van der Waals surface area contributed by atoms with E-state index in [1.54, 1.807) is 0 Å². The van der Waals surface area contributed by atoms with Crippen LogP contribution in [0.25, 0.3) is 0 Å². The molecular formula is C13H17F3N2. The average Bonchev–Trinajstić information content (AvgIpc) is 2.34. The molecule has 1 aromatic rings. The molecule has 0 heterocycles. The van der Waals surface area contributed by atoms with E-state index in [4.69, 9.17) is 5.73 Å². The Hall–Kier alpha value is -1.23. The monoisotopic (exact) mass is 258 g/mol. The Morgan fingerprint density at radius 2 is 1.72 bits per heavy atom. The number of nitrogens with one attached hydrogen (secondary N) is 1. The summed E-state index contributed by atoms with van der Waals surface area (Å²) in [5.41, 5.74) is 5.41. The van der Waals surface area contributed by atoms with Crippen molar-refractivity contribution in [3.63, 3.8) is 0 Å². The van der Waals surface area contributed by atoms with Crippen molar-refractivity contribution in [3.8, 4) is 0 Å². The van der Waals surface area contributed by atoms with Crippen molar-refractivity contribution in [1.29, 1.82) is 0 Å². The van der Waals surface area contributed by atoms with Gasteiger partial charge in [0, 0.05) is 18.2 Å². The van der Waals surface area contributed by atoms with Crippen molar-refractivity contribution in [1.82, 2.24) is 0 Å². The summed E-state index contributed by atoms with van der Waals surface area (Å²) in [6, 6.07) is 1.33. The maximum absolute atomic E-state index is 13.5. The van der Waals surface area contributed by atoms with E-state index in [2.05, 4.69) is 5.32 Å². The van der Waals surface area contributed by atoms with Gasteiger partial charge in [0.2, 0.25) is 0 Å². The van der Waals surface area contributed by atoms with Gasteiger partial charge in [0.15, 0.2) is 11.6 Å². The highest BCUT2D eigenvalue weighted by Crippen LogP contribution is 2.29. The highest BCUT2D eigenvalue weighted by atomic mass is 19.1. The number of halogens is 3. The third kappa shape index (κ3) is 2.77. The van der Waals surface area contributed by atoms with Crippen molar-refractivity contribution in [3.05, 3.63) is 29.6 Å². The standard InChI is InChI=1S/C13H17F3N2/c14-9-5-10(15)13(11(16)6-9)18-12-4-2-1-3-8(12)7-17/h5-6,8,12,18H,1-4,7,17H2. The molecule has 1 aliphatic rings. The quantitative estimate of drug-likeness (QED) is 0.874. The molecule has 1 aliphatic carbocycles. The lowest BCUT2D eigenvalue weighted by atomic mass is 9.84. The molecule has 3 N–H and O–H groups in total. The molecule has 1 aromatic carbocycles. The summed E-state index contributed by atoms with van der Waals surface area (Å²) in [6.07, 6.45) is 3.89. The first kappa shape index (κ1) is 13.2. The lowest BCUT2D eigenvalue weighted by molar-refractivity contribution is 0.331. The average molecular weight is 258 g/mol. The van der Waals surface area contributed by atoms with E-state index in [9.17, 15) is 13.2 Å². The number of rotatable bonds is 3. The lowest BCUT2D eigenvalue weighted by Crippen LogP contribution is -2.37. The number of benzene rings is 1. The topological polar surface area (TPSA) is 38.0 Å². The third-order valence-corrected chi connectivity index (χ3v) is 3.55. The summed E-state index contributed by atoms with van der Waals surface area (Å²) >= 11 is 0. The first-order valence-electron chi connectivity index (χ1n) is 6.23. The fraction of sp³-hybridized carbons (Fsp3) is 0.538. The van der Waals surface area contributed by atoms with E-state index < -0.39 is 17.5 Å². The molecule has 18 heavy (non-hydrogen) atoms. The van der Waals surface area contributed by atoms with Gasteiger partial charge in [-0.3, -0.25) is 0 Å². The van der Waals surface area contributed by atoms with E-state index in [-0.39, 0.29) is 17.6 Å². The van der Waals surface area contributed by atoms with E-state index >= 15 is 0 Å². The molecule has 0 radical (unpaired) electrons. The number of hydrogen-bond acceptors (Lipinski definition) is 2. The summed E-state index contributed by atoms with van der Waals surface area (Å²) < 4.78 is 39.8. The Morgan fingerprint density at radius 1 is 1.11 bits per heavy atom. The summed E-state index contributed by atoms with van der Waals surface area (Å²) in [5.74, 6) is -2.49. The summed E-state index contributed by atoms with van der Waals surface area (Å²) in [5, 5.41) is 2.85. The van der Waals surface area contributed by atoms with Gasteiger partial charge >= 0.3 is 0 Å². The molecule has 0 amide bonds. The van der Waals surface area contributed by atoms with Gasteiger partial charge < -0.3 is 11.1 Å². The van der Waals surface area contributed by atoms with Crippen LogP contribution < -0.4 is 11.1 Å². The summed E-state index contributed by atoms with van der Waals surface area (Å²) in [7, 11) is 0. The zero-order valence-corrected chi connectivity index (χ0v) is 10.1. The number of hydrogen-bond donors (Lipinski definition) is 2. The zero-order chi connectivity index (χ0) is 13.1. The van der Waals surface area contributed by atoms with Gasteiger partial charge in [0.25, 0.3) is 0 Å². The van der Waals surface area contributed by atoms with Gasteiger partial charge in [0.1, 0.15) is 11.5 Å². The second-order valence-electron chi connectivity index (χ2n) is 4.78. The van der Waals surface area contributed by atoms with Crippen molar-refractivity contribution in [2.24, 2.45) is 11.7 Å². The van der Waals surface area contributed by atoms with Crippen LogP contribution in [0.15, 0.2) is 12.1 Å². The molecule has 0 spiro atoms. The predicted octanol–water partition coefficient (Wildman–Crippen LogP) is 3.03. The summed E-state index contributed by atoms with van der Waals surface area (Å²) in [6.45, 7) is 0.488. The van der Waals surface area contributed by atoms with Crippen LogP contribution in [0.2, 0.25) is 0 Å². The normalized spacial score (nSPS) is 24.0. The second-order valence-corrected chi connectivity index (χ2v) is 4.78. The molecule has 0 aromatic heterocycles. The Bertz CT molecular complexity index is 400. The molecule has 2 atom stereocenters. The van der Waals surface area contributed by atoms with Crippen molar-refractivity contribution >= 4 is 5.69 Å². The fourth-order valence-corrected chi connectivity index (χ4v) is 2.55. The van der Waals surface area contributed by atoms with Gasteiger partial charge in [-0.25, -0.2) is 13.2 Å². The van der Waals surface area contributed by atoms with E-state index in [1.165, 1.54) is 0 Å². The Kier molecular flexibility index (Phi) is 4.11. The Labute approximate surface area is 104 Å². The largest absolute Gasteiger partial charge is 0.377 e. The SMILES string of the molecule is NCC1CCCCC1Nc1c(F)cc(F)cc1F. The van der Waals surface area contributed by atoms with Gasteiger partial charge in [-0.1, -0.05) is 12.8 Å². The Morgan fingerprint density at radius 3 is 2.33 bits per heavy atom. The molecule has 2 nitrogen and oxygen atoms in total. The third-order valence-electron chi connectivity index (χ3n) is 3.55. The van der Waals surface area contributed by atoms with Gasteiger partial charge in [-0.05, 0) is 25.3 Å². The molecule has 1 saturated carbocycles. The van der Waals surface area contributed by atoms with Crippen LogP contribution in [0.5, 0.6) is 0 Å². The van der Waals surface area contributed by atoms with Crippen LogP contribution >= 0.6 is 0 Å². The smallest absolute Gasteiger partial charge is 0.152 e. The molecule has 100 valence electrons. The lowest BCUT2D eigenvalue weighted by Gasteiger charge is -2.32. The maximum atomic E-state index is 13.5. The zero-order valence-electron chi connectivity index (χ0n) is 10.1. The van der Waals surface area contributed by atoms with E-state index in [1.807, 2.05) is 0 Å². The molecule has 2 unspecified atom stereocenters. The van der Waals surface area contributed by atoms with Crippen LogP contribution in [0, 0.1) is 23.4 Å². The van der Waals surface area contributed by atoms with Crippen molar-refractivity contribution in [2.75, 3.05) is 11.9 Å². The van der Waals surface area contributed by atoms with E-state index in [0.29, 0.717) is 18.7 Å². The van der Waals surface area contributed by atoms with Crippen LogP contribution in [-0.2, 0) is 0 Å². The van der Waals surface area contributed by atoms with Gasteiger partial charge in [-0.15, -0.1) is 0 Å². The van der Waals surface area contributed by atoms with Crippen LogP contribution in [-0.4, -0.2) is 12.6 Å². The number of anilines is 1. The molecule has 2 rings (SSSR count). The van der Waals surface area contributed by atoms with Crippen LogP contribution in [0.4, 0.5) is 18.9 Å². The highest BCUT2D eigenvalue weighted by molar-refractivity contribution is 5.47. The summed E-state index contributed by atoms with van der Waals surface area (Å²) in [4.78, 5) is 0. The van der Waals surface area contributed by atoms with Crippen molar-refractivity contribution in [2.45, 2.75) is 31.7 Å². The molecule has 0 saturated heterocycles. The van der Waals surface area contributed by atoms with Gasteiger partial charge in [-0.2, -0.15) is 0 Å². The van der Waals surface area contributed by atoms with Crippen LogP contribution in [0.1, 0.15) is 25.7 Å². The predicted molar refractivity (Wildman–Crippen MR) is 64.7 cm³/mol. The number of nitrogens with two attached hydrogens (primary N) is 1. The first-order valence-corrected chi connectivity index (χ1v) is 6.23. The molecule has 0 aliphatic heterocycles. The molecule has 0 bridgehead atoms. The molecular weight excluding hydrogens is 241 g/mol. The minimum Gasteiger partial charge on any atom is -0.377 e. The van der Waals surface area contributed by atoms with Gasteiger partial charge in [0.05, 0.1) is 0 Å². The fourth-order valence-electron chi connectivity index (χ4n) is 2.55. The first-order chi connectivity index (χ1) is 8.61. The van der Waals surface area contributed by atoms with Crippen molar-refractivity contribution < 1.29 is 13.2 Å². The second kappa shape index (κ2) is 5.61. The molecule has 5 heteroatoms. The minimum atomic E-state index is -0.908. The van der Waals surface area contributed by atoms with Crippen LogP contribution in [0.3, 0.4) is 0 Å². The Balaban J connectivity index is 2.17. The van der Waals surface area contributed by atoms with E-state index in [0.717, 1.165) is 25.7 Å². The molecule has 1 fully saturated rings. The maximum Gasteiger partial charge on any atom is 0.152 e. The highest BCUT2D eigenvalue weighted by Gasteiger charge is 2.25. The minimum absolute atomic E-state index is 0.0433.